The van der Waals surface area contributed by atoms with Gasteiger partial charge >= 0.3 is 0 Å². The second-order valence-electron chi connectivity index (χ2n) is 5.61. The van der Waals surface area contributed by atoms with Crippen LogP contribution in [-0.4, -0.2) is 53.1 Å². The number of thiophene rings is 1. The first kappa shape index (κ1) is 17.6. The highest BCUT2D eigenvalue weighted by molar-refractivity contribution is 7.91. The first-order chi connectivity index (χ1) is 9.19. The van der Waals surface area contributed by atoms with Crippen molar-refractivity contribution < 1.29 is 8.42 Å². The summed E-state index contributed by atoms with van der Waals surface area (Å²) in [5.41, 5.74) is -0.223. The molecule has 0 aliphatic rings. The maximum absolute atomic E-state index is 12.3. The van der Waals surface area contributed by atoms with Gasteiger partial charge in [-0.3, -0.25) is 0 Å². The van der Waals surface area contributed by atoms with E-state index in [2.05, 4.69) is 10.0 Å². The molecule has 1 rings (SSSR count). The molecule has 0 unspecified atom stereocenters. The molecule has 1 heterocycles. The van der Waals surface area contributed by atoms with Crippen LogP contribution in [0.1, 0.15) is 18.7 Å². The van der Waals surface area contributed by atoms with Gasteiger partial charge in [0.15, 0.2) is 0 Å². The number of rotatable bonds is 8. The third-order valence-electron chi connectivity index (χ3n) is 3.43. The number of hydrogen-bond acceptors (Lipinski definition) is 5. The Morgan fingerprint density at radius 1 is 1.30 bits per heavy atom. The summed E-state index contributed by atoms with van der Waals surface area (Å²) in [5.74, 6) is 0. The second kappa shape index (κ2) is 7.00. The summed E-state index contributed by atoms with van der Waals surface area (Å²) in [4.78, 5) is 3.08. The lowest BCUT2D eigenvalue weighted by Crippen LogP contribution is -2.47. The van der Waals surface area contributed by atoms with Gasteiger partial charge in [-0.1, -0.05) is 0 Å². The third-order valence-corrected chi connectivity index (χ3v) is 6.47. The average Bonchev–Trinajstić information content (AvgIpc) is 2.83. The van der Waals surface area contributed by atoms with Gasteiger partial charge in [0, 0.05) is 17.0 Å². The number of hydrogen-bond donors (Lipinski definition) is 2. The Bertz CT molecular complexity index is 521. The van der Waals surface area contributed by atoms with Crippen molar-refractivity contribution in [1.82, 2.24) is 14.9 Å². The minimum Gasteiger partial charge on any atom is -0.319 e. The predicted molar refractivity (Wildman–Crippen MR) is 84.9 cm³/mol. The van der Waals surface area contributed by atoms with Gasteiger partial charge in [-0.2, -0.15) is 0 Å². The topological polar surface area (TPSA) is 61.4 Å². The number of nitrogens with zero attached hydrogens (tertiary/aromatic N) is 1. The summed E-state index contributed by atoms with van der Waals surface area (Å²) < 4.78 is 27.6. The number of nitrogens with one attached hydrogen (secondary N) is 2. The Morgan fingerprint density at radius 2 is 1.95 bits per heavy atom. The van der Waals surface area contributed by atoms with Crippen LogP contribution in [0.5, 0.6) is 0 Å². The van der Waals surface area contributed by atoms with E-state index in [0.29, 0.717) is 10.8 Å². The van der Waals surface area contributed by atoms with E-state index in [1.165, 1.54) is 11.3 Å². The molecule has 0 aromatic carbocycles. The van der Waals surface area contributed by atoms with Crippen LogP contribution in [0.15, 0.2) is 16.3 Å². The number of sulfonamides is 1. The molecule has 116 valence electrons. The van der Waals surface area contributed by atoms with Gasteiger partial charge in [-0.05, 0) is 60.1 Å². The van der Waals surface area contributed by atoms with Crippen molar-refractivity contribution >= 4 is 21.4 Å². The minimum atomic E-state index is -3.41. The standard InChI is InChI=1S/C13H25N3O2S2/c1-13(2,16(4)5)10-15-20(17,18)12-7-6-11(19-12)8-9-14-3/h6-7,14-15H,8-10H2,1-5H3. The molecule has 0 aliphatic heterocycles. The van der Waals surface area contributed by atoms with E-state index in [4.69, 9.17) is 0 Å². The van der Waals surface area contributed by atoms with Crippen molar-refractivity contribution in [1.29, 1.82) is 0 Å². The Labute approximate surface area is 126 Å². The van der Waals surface area contributed by atoms with Gasteiger partial charge in [-0.15, -0.1) is 11.3 Å². The van der Waals surface area contributed by atoms with Crippen molar-refractivity contribution in [3.63, 3.8) is 0 Å². The van der Waals surface area contributed by atoms with E-state index in [1.54, 1.807) is 6.07 Å². The Kier molecular flexibility index (Phi) is 6.15. The molecule has 0 bridgehead atoms. The van der Waals surface area contributed by atoms with Gasteiger partial charge < -0.3 is 10.2 Å². The van der Waals surface area contributed by atoms with Crippen LogP contribution < -0.4 is 10.0 Å². The van der Waals surface area contributed by atoms with Crippen molar-refractivity contribution in [3.8, 4) is 0 Å². The quantitative estimate of drug-likeness (QED) is 0.754. The molecule has 0 atom stereocenters. The summed E-state index contributed by atoms with van der Waals surface area (Å²) >= 11 is 1.33. The highest BCUT2D eigenvalue weighted by Gasteiger charge is 2.24. The zero-order valence-electron chi connectivity index (χ0n) is 12.9. The highest BCUT2D eigenvalue weighted by Crippen LogP contribution is 2.22. The van der Waals surface area contributed by atoms with Crippen LogP contribution in [-0.2, 0) is 16.4 Å². The SMILES string of the molecule is CNCCc1ccc(S(=O)(=O)NCC(C)(C)N(C)C)s1. The van der Waals surface area contributed by atoms with Crippen LogP contribution >= 0.6 is 11.3 Å². The lowest BCUT2D eigenvalue weighted by atomic mass is 10.1. The largest absolute Gasteiger partial charge is 0.319 e. The van der Waals surface area contributed by atoms with Crippen LogP contribution in [0.3, 0.4) is 0 Å². The minimum absolute atomic E-state index is 0.223. The van der Waals surface area contributed by atoms with Crippen molar-refractivity contribution in [2.24, 2.45) is 0 Å². The molecular formula is C13H25N3O2S2. The zero-order valence-corrected chi connectivity index (χ0v) is 14.5. The fourth-order valence-corrected chi connectivity index (χ4v) is 3.99. The van der Waals surface area contributed by atoms with Crippen molar-refractivity contribution in [3.05, 3.63) is 17.0 Å². The first-order valence-electron chi connectivity index (χ1n) is 6.59. The first-order valence-corrected chi connectivity index (χ1v) is 8.89. The van der Waals surface area contributed by atoms with Crippen LogP contribution in [0.25, 0.3) is 0 Å². The van der Waals surface area contributed by atoms with E-state index in [1.807, 2.05) is 46.0 Å². The van der Waals surface area contributed by atoms with Gasteiger partial charge in [0.1, 0.15) is 4.21 Å². The summed E-state index contributed by atoms with van der Waals surface area (Å²) in [6.07, 6.45) is 0.847. The van der Waals surface area contributed by atoms with Crippen LogP contribution in [0.4, 0.5) is 0 Å². The van der Waals surface area contributed by atoms with Gasteiger partial charge in [0.2, 0.25) is 10.0 Å². The van der Waals surface area contributed by atoms with E-state index in [9.17, 15) is 8.42 Å². The van der Waals surface area contributed by atoms with E-state index in [-0.39, 0.29) is 5.54 Å². The fraction of sp³-hybridized carbons (Fsp3) is 0.692. The second-order valence-corrected chi connectivity index (χ2v) is 8.77. The molecular weight excluding hydrogens is 294 g/mol. The Morgan fingerprint density at radius 3 is 2.50 bits per heavy atom. The Hall–Kier alpha value is -0.470. The lowest BCUT2D eigenvalue weighted by molar-refractivity contribution is 0.199. The molecule has 1 aromatic rings. The molecule has 2 N–H and O–H groups in total. The zero-order chi connectivity index (χ0) is 15.4. The molecule has 1 aromatic heterocycles. The van der Waals surface area contributed by atoms with E-state index < -0.39 is 10.0 Å². The molecule has 5 nitrogen and oxygen atoms in total. The summed E-state index contributed by atoms with van der Waals surface area (Å²) in [7, 11) is 2.35. The fourth-order valence-electron chi connectivity index (χ4n) is 1.39. The average molecular weight is 319 g/mol. The summed E-state index contributed by atoms with van der Waals surface area (Å²) in [5, 5.41) is 3.06. The highest BCUT2D eigenvalue weighted by atomic mass is 32.2. The lowest BCUT2D eigenvalue weighted by Gasteiger charge is -2.32. The normalized spacial score (nSPS) is 13.1. The summed E-state index contributed by atoms with van der Waals surface area (Å²) in [6, 6.07) is 3.56. The Balaban J connectivity index is 2.72. The maximum Gasteiger partial charge on any atom is 0.250 e. The third kappa shape index (κ3) is 4.82. The molecule has 0 saturated carbocycles. The van der Waals surface area contributed by atoms with Crippen LogP contribution in [0.2, 0.25) is 0 Å². The van der Waals surface area contributed by atoms with E-state index >= 15 is 0 Å². The van der Waals surface area contributed by atoms with Gasteiger partial charge in [-0.25, -0.2) is 13.1 Å². The van der Waals surface area contributed by atoms with Crippen LogP contribution in [0, 0.1) is 0 Å². The molecule has 0 fully saturated rings. The smallest absolute Gasteiger partial charge is 0.250 e. The molecule has 0 spiro atoms. The monoisotopic (exact) mass is 319 g/mol. The van der Waals surface area contributed by atoms with Crippen molar-refractivity contribution in [2.45, 2.75) is 30.0 Å². The number of likely N-dealkylation sites (N-methyl/N-ethyl adjacent to an activating group) is 2. The van der Waals surface area contributed by atoms with Gasteiger partial charge in [0.25, 0.3) is 0 Å². The van der Waals surface area contributed by atoms with Crippen molar-refractivity contribution in [2.75, 3.05) is 34.2 Å². The van der Waals surface area contributed by atoms with E-state index in [0.717, 1.165) is 17.8 Å². The molecule has 0 saturated heterocycles. The predicted octanol–water partition coefficient (Wildman–Crippen LogP) is 1.13. The maximum atomic E-state index is 12.3. The van der Waals surface area contributed by atoms with Gasteiger partial charge in [0.05, 0.1) is 0 Å². The molecule has 20 heavy (non-hydrogen) atoms. The molecule has 0 aliphatic carbocycles. The molecule has 7 heteroatoms. The molecule has 0 radical (unpaired) electrons. The summed E-state index contributed by atoms with van der Waals surface area (Å²) in [6.45, 7) is 5.23. The molecule has 0 amide bonds.